The van der Waals surface area contributed by atoms with Gasteiger partial charge in [0.1, 0.15) is 0 Å². The molecule has 0 spiro atoms. The normalized spacial score (nSPS) is 15.5. The summed E-state index contributed by atoms with van der Waals surface area (Å²) in [6.45, 7) is 1.55. The number of carbonyl (C=O) groups excluding carboxylic acids is 2. The minimum atomic E-state index is -0.604. The van der Waals surface area contributed by atoms with E-state index in [0.29, 0.717) is 37.0 Å². The van der Waals surface area contributed by atoms with Crippen LogP contribution in [0, 0.1) is 0 Å². The van der Waals surface area contributed by atoms with Gasteiger partial charge in [0.05, 0.1) is 34.0 Å². The van der Waals surface area contributed by atoms with Gasteiger partial charge in [0.25, 0.3) is 11.7 Å². The second kappa shape index (κ2) is 11.5. The average molecular weight is 443 g/mol. The number of carbonyl (C=O) groups is 2. The van der Waals surface area contributed by atoms with Crippen molar-refractivity contribution < 1.29 is 28.5 Å². The zero-order valence-corrected chi connectivity index (χ0v) is 18.8. The molecule has 0 unspecified atom stereocenters. The molecule has 32 heavy (non-hydrogen) atoms. The summed E-state index contributed by atoms with van der Waals surface area (Å²) >= 11 is 0. The summed E-state index contributed by atoms with van der Waals surface area (Å²) in [6, 6.07) is 6.86. The molecule has 2 heterocycles. The first-order valence-corrected chi connectivity index (χ1v) is 10.7. The van der Waals surface area contributed by atoms with Gasteiger partial charge < -0.3 is 23.8 Å². The minimum Gasteiger partial charge on any atom is -0.493 e. The Morgan fingerprint density at radius 2 is 1.88 bits per heavy atom. The van der Waals surface area contributed by atoms with Gasteiger partial charge in [0.15, 0.2) is 11.5 Å². The molecule has 2 aromatic rings. The molecule has 1 aromatic carbocycles. The van der Waals surface area contributed by atoms with E-state index in [1.165, 1.54) is 39.0 Å². The van der Waals surface area contributed by atoms with E-state index in [4.69, 9.17) is 18.9 Å². The van der Waals surface area contributed by atoms with Gasteiger partial charge in [0, 0.05) is 31.1 Å². The molecule has 8 heteroatoms. The smallest absolute Gasteiger partial charge is 0.295 e. The Bertz CT molecular complexity index is 893. The Morgan fingerprint density at radius 3 is 2.50 bits per heavy atom. The predicted molar refractivity (Wildman–Crippen MR) is 119 cm³/mol. The maximum absolute atomic E-state index is 13.0. The molecule has 1 aromatic heterocycles. The Kier molecular flexibility index (Phi) is 8.44. The van der Waals surface area contributed by atoms with Crippen molar-refractivity contribution in [2.45, 2.75) is 31.7 Å². The van der Waals surface area contributed by atoms with E-state index in [-0.39, 0.29) is 11.6 Å². The Morgan fingerprint density at radius 1 is 1.12 bits per heavy atom. The Balaban J connectivity index is 1.58. The molecule has 172 valence electrons. The highest BCUT2D eigenvalue weighted by Crippen LogP contribution is 2.38. The molecule has 1 amide bonds. The lowest BCUT2D eigenvalue weighted by atomic mass is 10.1. The number of aryl methyl sites for hydroxylation is 1. The van der Waals surface area contributed by atoms with E-state index in [9.17, 15) is 9.59 Å². The van der Waals surface area contributed by atoms with Crippen molar-refractivity contribution in [3.63, 3.8) is 0 Å². The van der Waals surface area contributed by atoms with Crippen LogP contribution in [-0.4, -0.2) is 68.7 Å². The predicted octanol–water partition coefficient (Wildman–Crippen LogP) is 2.93. The highest BCUT2D eigenvalue weighted by molar-refractivity contribution is 6.43. The van der Waals surface area contributed by atoms with Crippen molar-refractivity contribution in [2.75, 3.05) is 41.1 Å². The summed E-state index contributed by atoms with van der Waals surface area (Å²) in [5.41, 5.74) is 1.37. The minimum absolute atomic E-state index is 0.105. The van der Waals surface area contributed by atoms with E-state index >= 15 is 0 Å². The fourth-order valence-corrected chi connectivity index (χ4v) is 3.89. The van der Waals surface area contributed by atoms with Gasteiger partial charge in [-0.2, -0.15) is 0 Å². The quantitative estimate of drug-likeness (QED) is 0.300. The fourth-order valence-electron chi connectivity index (χ4n) is 3.89. The van der Waals surface area contributed by atoms with Crippen LogP contribution in [0.1, 0.15) is 35.2 Å². The largest absolute Gasteiger partial charge is 0.493 e. The molecule has 8 nitrogen and oxygen atoms in total. The molecule has 0 radical (unpaired) electrons. The molecule has 1 fully saturated rings. The highest BCUT2D eigenvalue weighted by atomic mass is 16.5. The zero-order chi connectivity index (χ0) is 22.9. The van der Waals surface area contributed by atoms with E-state index in [2.05, 4.69) is 4.98 Å². The summed E-state index contributed by atoms with van der Waals surface area (Å²) in [6.07, 6.45) is 7.03. The number of ketones is 1. The molecule has 1 saturated heterocycles. The van der Waals surface area contributed by atoms with E-state index in [1.54, 1.807) is 11.1 Å². The molecular weight excluding hydrogens is 412 g/mol. The molecule has 1 aliphatic heterocycles. The fraction of sp³-hybridized carbons (Fsp3) is 0.458. The summed E-state index contributed by atoms with van der Waals surface area (Å²) in [5.74, 6) is -0.109. The Hall–Kier alpha value is -3.13. The number of amides is 1. The summed E-state index contributed by atoms with van der Waals surface area (Å²) in [5, 5.41) is 0. The van der Waals surface area contributed by atoms with Crippen LogP contribution in [0.4, 0.5) is 0 Å². The van der Waals surface area contributed by atoms with E-state index in [1.807, 2.05) is 18.3 Å². The first-order valence-electron chi connectivity index (χ1n) is 10.7. The van der Waals surface area contributed by atoms with Gasteiger partial charge in [-0.3, -0.25) is 14.6 Å². The molecule has 1 atom stereocenters. The molecule has 0 aliphatic carbocycles. The van der Waals surface area contributed by atoms with Crippen LogP contribution in [0.15, 0.2) is 36.7 Å². The molecule has 3 rings (SSSR count). The number of hydrogen-bond donors (Lipinski definition) is 0. The van der Waals surface area contributed by atoms with Gasteiger partial charge in [-0.15, -0.1) is 0 Å². The number of nitrogens with zero attached hydrogens (tertiary/aromatic N) is 2. The van der Waals surface area contributed by atoms with Crippen molar-refractivity contribution in [1.29, 1.82) is 0 Å². The number of methoxy groups -OCH3 is 3. The molecule has 0 bridgehead atoms. The third-order valence-electron chi connectivity index (χ3n) is 5.55. The van der Waals surface area contributed by atoms with Gasteiger partial charge >= 0.3 is 0 Å². The van der Waals surface area contributed by atoms with E-state index in [0.717, 1.165) is 25.7 Å². The molecule has 1 aliphatic rings. The molecule has 0 N–H and O–H groups in total. The topological polar surface area (TPSA) is 87.2 Å². The lowest BCUT2D eigenvalue weighted by Crippen LogP contribution is -2.42. The maximum atomic E-state index is 13.0. The number of aromatic nitrogens is 1. The first kappa shape index (κ1) is 23.5. The van der Waals surface area contributed by atoms with Crippen LogP contribution < -0.4 is 14.2 Å². The lowest BCUT2D eigenvalue weighted by molar-refractivity contribution is -0.128. The SMILES string of the molecule is COc1cc(C(=O)C(=O)N2CCC[C@H]2COCCCc2cccnc2)cc(OC)c1OC. The van der Waals surface area contributed by atoms with Crippen LogP contribution in [0.3, 0.4) is 0 Å². The second-order valence-electron chi connectivity index (χ2n) is 7.58. The van der Waals surface area contributed by atoms with Crippen molar-refractivity contribution >= 4 is 11.7 Å². The summed E-state index contributed by atoms with van der Waals surface area (Å²) in [7, 11) is 4.42. The first-order chi connectivity index (χ1) is 15.6. The van der Waals surface area contributed by atoms with Crippen molar-refractivity contribution in [1.82, 2.24) is 9.88 Å². The number of ether oxygens (including phenoxy) is 4. The van der Waals surface area contributed by atoms with Gasteiger partial charge in [-0.05, 0) is 49.4 Å². The number of pyridine rings is 1. The number of hydrogen-bond acceptors (Lipinski definition) is 7. The number of Topliss-reactive ketones (excluding diaryl/α,β-unsaturated/α-hetero) is 1. The van der Waals surface area contributed by atoms with Gasteiger partial charge in [-0.1, -0.05) is 6.07 Å². The number of rotatable bonds is 11. The second-order valence-corrected chi connectivity index (χ2v) is 7.58. The van der Waals surface area contributed by atoms with Crippen LogP contribution in [0.2, 0.25) is 0 Å². The van der Waals surface area contributed by atoms with Crippen molar-refractivity contribution in [3.05, 3.63) is 47.8 Å². The van der Waals surface area contributed by atoms with Crippen LogP contribution in [-0.2, 0) is 16.0 Å². The van der Waals surface area contributed by atoms with Crippen LogP contribution >= 0.6 is 0 Å². The molecule has 0 saturated carbocycles. The molecular formula is C24H30N2O6. The lowest BCUT2D eigenvalue weighted by Gasteiger charge is -2.24. The summed E-state index contributed by atoms with van der Waals surface area (Å²) < 4.78 is 21.7. The average Bonchev–Trinajstić information content (AvgIpc) is 3.31. The van der Waals surface area contributed by atoms with Crippen molar-refractivity contribution in [3.8, 4) is 17.2 Å². The highest BCUT2D eigenvalue weighted by Gasteiger charge is 2.33. The number of likely N-dealkylation sites (tertiary alicyclic amines) is 1. The van der Waals surface area contributed by atoms with Crippen molar-refractivity contribution in [2.24, 2.45) is 0 Å². The standard InChI is InChI=1S/C24H30N2O6/c1-29-20-13-18(14-21(30-2)23(20)31-3)22(27)24(28)26-11-5-9-19(26)16-32-12-6-8-17-7-4-10-25-15-17/h4,7,10,13-15,19H,5-6,8-9,11-12,16H2,1-3H3/t19-/m0/s1. The van der Waals surface area contributed by atoms with Crippen LogP contribution in [0.25, 0.3) is 0 Å². The summed E-state index contributed by atoms with van der Waals surface area (Å²) in [4.78, 5) is 31.7. The third kappa shape index (κ3) is 5.56. The Labute approximate surface area is 188 Å². The monoisotopic (exact) mass is 442 g/mol. The number of benzene rings is 1. The van der Waals surface area contributed by atoms with Crippen LogP contribution in [0.5, 0.6) is 17.2 Å². The van der Waals surface area contributed by atoms with Gasteiger partial charge in [0.2, 0.25) is 5.75 Å². The van der Waals surface area contributed by atoms with E-state index < -0.39 is 11.7 Å². The third-order valence-corrected chi connectivity index (χ3v) is 5.55. The maximum Gasteiger partial charge on any atom is 0.295 e. The van der Waals surface area contributed by atoms with Gasteiger partial charge in [-0.25, -0.2) is 0 Å². The zero-order valence-electron chi connectivity index (χ0n) is 18.8.